The van der Waals surface area contributed by atoms with Crippen molar-refractivity contribution in [1.82, 2.24) is 9.55 Å². The lowest BCUT2D eigenvalue weighted by molar-refractivity contribution is 0.410. The van der Waals surface area contributed by atoms with Crippen LogP contribution in [0.2, 0.25) is 0 Å². The van der Waals surface area contributed by atoms with Crippen molar-refractivity contribution in [2.45, 2.75) is 32.1 Å². The number of ether oxygens (including phenoxy) is 1. The molecule has 1 aliphatic rings. The maximum atomic E-state index is 13.6. The van der Waals surface area contributed by atoms with Crippen LogP contribution < -0.4 is 16.0 Å². The summed E-state index contributed by atoms with van der Waals surface area (Å²) in [6.45, 7) is 4.17. The normalized spacial score (nSPS) is 17.9. The van der Waals surface area contributed by atoms with Gasteiger partial charge in [-0.25, -0.2) is 9.36 Å². The standard InChI is InChI=1S/C22H22N2O3/c1-4-22(2)13-14-9-5-6-10-15(14)19-18(22)20(25)24(21(26)23-19)16-11-7-8-12-17(16)27-3/h5-12H,4,13H2,1-3H3,(H,23,26)/t22-/m0/s1. The molecule has 0 saturated carbocycles. The molecule has 1 aliphatic carbocycles. The molecule has 0 spiro atoms. The Bertz CT molecular complexity index is 1140. The van der Waals surface area contributed by atoms with Crippen molar-refractivity contribution in [3.8, 4) is 22.7 Å². The van der Waals surface area contributed by atoms with E-state index < -0.39 is 5.69 Å². The largest absolute Gasteiger partial charge is 0.495 e. The highest BCUT2D eigenvalue weighted by Gasteiger charge is 2.37. The molecular weight excluding hydrogens is 340 g/mol. The highest BCUT2D eigenvalue weighted by Crippen LogP contribution is 2.41. The summed E-state index contributed by atoms with van der Waals surface area (Å²) >= 11 is 0. The zero-order valence-electron chi connectivity index (χ0n) is 15.7. The molecule has 5 heteroatoms. The molecular formula is C22H22N2O3. The van der Waals surface area contributed by atoms with Gasteiger partial charge in [-0.1, -0.05) is 50.2 Å². The zero-order valence-corrected chi connectivity index (χ0v) is 15.7. The van der Waals surface area contributed by atoms with E-state index in [4.69, 9.17) is 4.74 Å². The molecule has 1 N–H and O–H groups in total. The lowest BCUT2D eigenvalue weighted by Crippen LogP contribution is -2.44. The summed E-state index contributed by atoms with van der Waals surface area (Å²) in [7, 11) is 1.53. The fourth-order valence-corrected chi connectivity index (χ4v) is 4.06. The molecule has 0 bridgehead atoms. The highest BCUT2D eigenvalue weighted by molar-refractivity contribution is 5.71. The van der Waals surface area contributed by atoms with E-state index in [-0.39, 0.29) is 11.0 Å². The molecule has 27 heavy (non-hydrogen) atoms. The van der Waals surface area contributed by atoms with Gasteiger partial charge < -0.3 is 9.72 Å². The third-order valence-corrected chi connectivity index (χ3v) is 5.68. The summed E-state index contributed by atoms with van der Waals surface area (Å²) in [6.07, 6.45) is 1.56. The number of hydrogen-bond donors (Lipinski definition) is 1. The van der Waals surface area contributed by atoms with E-state index in [1.807, 2.05) is 24.3 Å². The SMILES string of the molecule is CC[C@@]1(C)Cc2ccccc2-c2[nH]c(=O)n(-c3ccccc3OC)c(=O)c21. The van der Waals surface area contributed by atoms with Gasteiger partial charge in [0.1, 0.15) is 5.75 Å². The molecule has 1 atom stereocenters. The number of nitrogens with one attached hydrogen (secondary N) is 1. The van der Waals surface area contributed by atoms with E-state index in [0.29, 0.717) is 22.7 Å². The van der Waals surface area contributed by atoms with Gasteiger partial charge in [0.2, 0.25) is 0 Å². The topological polar surface area (TPSA) is 64.1 Å². The Kier molecular flexibility index (Phi) is 4.02. The Morgan fingerprint density at radius 2 is 1.81 bits per heavy atom. The van der Waals surface area contributed by atoms with Crippen LogP contribution in [-0.4, -0.2) is 16.7 Å². The number of benzene rings is 2. The first-order valence-corrected chi connectivity index (χ1v) is 9.11. The van der Waals surface area contributed by atoms with Gasteiger partial charge in [-0.3, -0.25) is 4.79 Å². The summed E-state index contributed by atoms with van der Waals surface area (Å²) in [5.74, 6) is 0.486. The average Bonchev–Trinajstić information content (AvgIpc) is 2.68. The molecule has 4 rings (SSSR count). The van der Waals surface area contributed by atoms with E-state index in [2.05, 4.69) is 24.9 Å². The number of fused-ring (bicyclic) bond motifs is 3. The highest BCUT2D eigenvalue weighted by atomic mass is 16.5. The molecule has 0 amide bonds. The van der Waals surface area contributed by atoms with Crippen molar-refractivity contribution < 1.29 is 4.74 Å². The first-order valence-electron chi connectivity index (χ1n) is 9.11. The van der Waals surface area contributed by atoms with E-state index in [0.717, 1.165) is 24.0 Å². The van der Waals surface area contributed by atoms with Crippen LogP contribution in [0.1, 0.15) is 31.4 Å². The Morgan fingerprint density at radius 1 is 1.11 bits per heavy atom. The molecule has 3 aromatic rings. The van der Waals surface area contributed by atoms with E-state index in [1.54, 1.807) is 18.2 Å². The maximum Gasteiger partial charge on any atom is 0.333 e. The Labute approximate surface area is 157 Å². The molecule has 0 saturated heterocycles. The number of aromatic nitrogens is 2. The number of methoxy groups -OCH3 is 1. The van der Waals surface area contributed by atoms with Crippen molar-refractivity contribution >= 4 is 0 Å². The first kappa shape index (κ1) is 17.3. The fourth-order valence-electron chi connectivity index (χ4n) is 4.06. The second-order valence-corrected chi connectivity index (χ2v) is 7.24. The van der Waals surface area contributed by atoms with Crippen LogP contribution in [0.3, 0.4) is 0 Å². The van der Waals surface area contributed by atoms with Crippen LogP contribution in [0.15, 0.2) is 58.1 Å². The van der Waals surface area contributed by atoms with Gasteiger partial charge in [-0.15, -0.1) is 0 Å². The first-order chi connectivity index (χ1) is 13.0. The molecule has 1 heterocycles. The number of aromatic amines is 1. The zero-order chi connectivity index (χ0) is 19.2. The van der Waals surface area contributed by atoms with Crippen LogP contribution in [0.5, 0.6) is 5.75 Å². The summed E-state index contributed by atoms with van der Waals surface area (Å²) in [4.78, 5) is 29.5. The van der Waals surface area contributed by atoms with Gasteiger partial charge in [0.05, 0.1) is 18.5 Å². The third kappa shape index (κ3) is 2.53. The van der Waals surface area contributed by atoms with E-state index in [9.17, 15) is 9.59 Å². The van der Waals surface area contributed by atoms with Gasteiger partial charge in [-0.05, 0) is 30.5 Å². The van der Waals surface area contributed by atoms with Gasteiger partial charge in [-0.2, -0.15) is 0 Å². The molecule has 0 aliphatic heterocycles. The minimum Gasteiger partial charge on any atom is -0.495 e. The van der Waals surface area contributed by atoms with Crippen LogP contribution in [0.25, 0.3) is 16.9 Å². The number of nitrogens with zero attached hydrogens (tertiary/aromatic N) is 1. The molecule has 0 unspecified atom stereocenters. The van der Waals surface area contributed by atoms with Gasteiger partial charge >= 0.3 is 5.69 Å². The number of rotatable bonds is 3. The van der Waals surface area contributed by atoms with Crippen LogP contribution in [0, 0.1) is 0 Å². The molecule has 5 nitrogen and oxygen atoms in total. The fraction of sp³-hybridized carbons (Fsp3) is 0.273. The van der Waals surface area contributed by atoms with Crippen LogP contribution in [0.4, 0.5) is 0 Å². The van der Waals surface area contributed by atoms with Crippen molar-refractivity contribution in [1.29, 1.82) is 0 Å². The third-order valence-electron chi connectivity index (χ3n) is 5.68. The quantitative estimate of drug-likeness (QED) is 0.776. The summed E-state index contributed by atoms with van der Waals surface area (Å²) in [5, 5.41) is 0. The Hall–Kier alpha value is -3.08. The van der Waals surface area contributed by atoms with Crippen molar-refractivity contribution in [3.05, 3.63) is 80.5 Å². The lowest BCUT2D eigenvalue weighted by atomic mass is 9.69. The predicted octanol–water partition coefficient (Wildman–Crippen LogP) is 3.43. The van der Waals surface area contributed by atoms with Crippen molar-refractivity contribution in [2.75, 3.05) is 7.11 Å². The molecule has 1 aromatic heterocycles. The Balaban J connectivity index is 2.11. The van der Waals surface area contributed by atoms with Crippen LogP contribution >= 0.6 is 0 Å². The maximum absolute atomic E-state index is 13.6. The summed E-state index contributed by atoms with van der Waals surface area (Å²) < 4.78 is 6.57. The molecule has 2 aromatic carbocycles. The van der Waals surface area contributed by atoms with Crippen LogP contribution in [-0.2, 0) is 11.8 Å². The van der Waals surface area contributed by atoms with E-state index in [1.165, 1.54) is 11.7 Å². The number of hydrogen-bond acceptors (Lipinski definition) is 3. The Morgan fingerprint density at radius 3 is 2.56 bits per heavy atom. The smallest absolute Gasteiger partial charge is 0.333 e. The number of para-hydroxylation sites is 2. The average molecular weight is 362 g/mol. The van der Waals surface area contributed by atoms with Gasteiger partial charge in [0, 0.05) is 16.5 Å². The van der Waals surface area contributed by atoms with Crippen molar-refractivity contribution in [2.24, 2.45) is 0 Å². The molecule has 0 fully saturated rings. The minimum atomic E-state index is -0.460. The van der Waals surface area contributed by atoms with E-state index >= 15 is 0 Å². The second kappa shape index (κ2) is 6.27. The van der Waals surface area contributed by atoms with Crippen molar-refractivity contribution in [3.63, 3.8) is 0 Å². The predicted molar refractivity (Wildman–Crippen MR) is 106 cm³/mol. The summed E-state index contributed by atoms with van der Waals surface area (Å²) in [6, 6.07) is 15.0. The van der Waals surface area contributed by atoms with Gasteiger partial charge in [0.15, 0.2) is 0 Å². The summed E-state index contributed by atoms with van der Waals surface area (Å²) in [5.41, 5.74) is 2.74. The second-order valence-electron chi connectivity index (χ2n) is 7.24. The monoisotopic (exact) mass is 362 g/mol. The van der Waals surface area contributed by atoms with Gasteiger partial charge in [0.25, 0.3) is 5.56 Å². The molecule has 0 radical (unpaired) electrons. The lowest BCUT2D eigenvalue weighted by Gasteiger charge is -2.35. The molecule has 138 valence electrons. The number of H-pyrrole nitrogens is 1. The minimum absolute atomic E-state index is 0.280.